The van der Waals surface area contributed by atoms with Gasteiger partial charge in [-0.3, -0.25) is 0 Å². The second-order valence-corrected chi connectivity index (χ2v) is 9.62. The molecule has 0 radical (unpaired) electrons. The molecule has 4 aromatic heterocycles. The number of methoxy groups -OCH3 is 1. The van der Waals surface area contributed by atoms with E-state index >= 15 is 0 Å². The number of aromatic nitrogens is 5. The molecule has 39 heavy (non-hydrogen) atoms. The molecule has 9 heteroatoms. The SMILES string of the molecule is Bc1ccc(O)c(-c2nc3cc(-n4nc(CC)cc4-c4ccc(C)o4)ccc3n2Cc2ccc(OC)nc2)c1. The summed E-state index contributed by atoms with van der Waals surface area (Å²) >= 11 is 0. The van der Waals surface area contributed by atoms with E-state index in [-0.39, 0.29) is 5.75 Å². The fourth-order valence-electron chi connectivity index (χ4n) is 4.80. The molecule has 0 unspecified atom stereocenters. The summed E-state index contributed by atoms with van der Waals surface area (Å²) in [6.45, 7) is 4.54. The van der Waals surface area contributed by atoms with Gasteiger partial charge in [0.05, 0.1) is 41.6 Å². The second kappa shape index (κ2) is 9.83. The molecule has 0 amide bonds. The first-order valence-electron chi connectivity index (χ1n) is 12.9. The molecular formula is C30H28BN5O3. The van der Waals surface area contributed by atoms with Crippen LogP contribution in [0.4, 0.5) is 0 Å². The predicted octanol–water partition coefficient (Wildman–Crippen LogP) is 4.44. The first-order valence-corrected chi connectivity index (χ1v) is 12.9. The third kappa shape index (κ3) is 4.56. The zero-order valence-corrected chi connectivity index (χ0v) is 22.3. The van der Waals surface area contributed by atoms with Crippen molar-refractivity contribution in [2.75, 3.05) is 7.11 Å². The molecule has 0 saturated heterocycles. The van der Waals surface area contributed by atoms with Crippen LogP contribution in [0.25, 0.3) is 39.6 Å². The number of pyridine rings is 1. The Hall–Kier alpha value is -4.79. The summed E-state index contributed by atoms with van der Waals surface area (Å²) in [6.07, 6.45) is 2.61. The van der Waals surface area contributed by atoms with E-state index in [0.29, 0.717) is 23.8 Å². The molecule has 194 valence electrons. The Labute approximate surface area is 226 Å². The number of benzene rings is 2. The lowest BCUT2D eigenvalue weighted by Crippen LogP contribution is -2.06. The first-order chi connectivity index (χ1) is 18.9. The maximum atomic E-state index is 10.8. The average Bonchev–Trinajstić information content (AvgIpc) is 3.67. The smallest absolute Gasteiger partial charge is 0.212 e. The number of aryl methyl sites for hydroxylation is 2. The van der Waals surface area contributed by atoms with Gasteiger partial charge in [0.25, 0.3) is 0 Å². The highest BCUT2D eigenvalue weighted by Gasteiger charge is 2.19. The maximum absolute atomic E-state index is 10.8. The van der Waals surface area contributed by atoms with Crippen LogP contribution in [0.3, 0.4) is 0 Å². The molecule has 0 bridgehead atoms. The van der Waals surface area contributed by atoms with E-state index in [1.54, 1.807) is 19.4 Å². The van der Waals surface area contributed by atoms with E-state index < -0.39 is 0 Å². The third-order valence-electron chi connectivity index (χ3n) is 6.83. The number of nitrogens with zero attached hydrogens (tertiary/aromatic N) is 5. The number of fused-ring (bicyclic) bond motifs is 1. The van der Waals surface area contributed by atoms with Crippen LogP contribution < -0.4 is 10.2 Å². The summed E-state index contributed by atoms with van der Waals surface area (Å²) < 4.78 is 15.2. The van der Waals surface area contributed by atoms with Crippen molar-refractivity contribution in [3.05, 3.63) is 89.9 Å². The van der Waals surface area contributed by atoms with Gasteiger partial charge in [-0.2, -0.15) is 5.10 Å². The van der Waals surface area contributed by atoms with Crippen molar-refractivity contribution >= 4 is 24.3 Å². The highest BCUT2D eigenvalue weighted by molar-refractivity contribution is 6.32. The summed E-state index contributed by atoms with van der Waals surface area (Å²) in [5, 5.41) is 15.6. The molecule has 0 spiro atoms. The van der Waals surface area contributed by atoms with Crippen LogP contribution >= 0.6 is 0 Å². The molecule has 2 aromatic carbocycles. The van der Waals surface area contributed by atoms with Gasteiger partial charge in [-0.1, -0.05) is 30.6 Å². The van der Waals surface area contributed by atoms with E-state index in [4.69, 9.17) is 19.2 Å². The largest absolute Gasteiger partial charge is 0.507 e. The van der Waals surface area contributed by atoms with Crippen LogP contribution in [0.2, 0.25) is 0 Å². The lowest BCUT2D eigenvalue weighted by Gasteiger charge is -2.12. The lowest BCUT2D eigenvalue weighted by molar-refractivity contribution is 0.397. The highest BCUT2D eigenvalue weighted by Crippen LogP contribution is 2.33. The van der Waals surface area contributed by atoms with Gasteiger partial charge in [-0.25, -0.2) is 14.6 Å². The zero-order chi connectivity index (χ0) is 27.1. The molecule has 1 N–H and O–H groups in total. The number of hydrogen-bond donors (Lipinski definition) is 1. The van der Waals surface area contributed by atoms with E-state index in [1.165, 1.54) is 0 Å². The first kappa shape index (κ1) is 24.5. The van der Waals surface area contributed by atoms with E-state index in [2.05, 4.69) is 28.6 Å². The average molecular weight is 517 g/mol. The minimum absolute atomic E-state index is 0.181. The molecule has 6 aromatic rings. The fraction of sp³-hybridized carbons (Fsp3) is 0.167. The second-order valence-electron chi connectivity index (χ2n) is 9.62. The monoisotopic (exact) mass is 517 g/mol. The van der Waals surface area contributed by atoms with Crippen LogP contribution in [0.15, 0.2) is 77.3 Å². The number of imidazole rings is 1. The van der Waals surface area contributed by atoms with Gasteiger partial charge in [0.15, 0.2) is 5.76 Å². The molecule has 4 heterocycles. The number of phenols is 1. The van der Waals surface area contributed by atoms with Crippen molar-refractivity contribution in [2.24, 2.45) is 0 Å². The van der Waals surface area contributed by atoms with Crippen molar-refractivity contribution in [3.8, 4) is 40.2 Å². The van der Waals surface area contributed by atoms with Crippen LogP contribution in [0.5, 0.6) is 11.6 Å². The topological polar surface area (TPSA) is 91.1 Å². The van der Waals surface area contributed by atoms with Crippen LogP contribution in [0.1, 0.15) is 23.9 Å². The molecule has 0 fully saturated rings. The number of ether oxygens (including phenoxy) is 1. The van der Waals surface area contributed by atoms with Gasteiger partial charge in [0.1, 0.15) is 30.9 Å². The Bertz CT molecular complexity index is 1800. The van der Waals surface area contributed by atoms with Gasteiger partial charge in [-0.15, -0.1) is 0 Å². The molecule has 0 aliphatic rings. The van der Waals surface area contributed by atoms with Crippen molar-refractivity contribution in [1.29, 1.82) is 0 Å². The van der Waals surface area contributed by atoms with Crippen molar-refractivity contribution in [1.82, 2.24) is 24.3 Å². The van der Waals surface area contributed by atoms with Crippen LogP contribution in [-0.2, 0) is 13.0 Å². The van der Waals surface area contributed by atoms with Crippen LogP contribution in [0, 0.1) is 6.92 Å². The molecule has 0 saturated carbocycles. The van der Waals surface area contributed by atoms with Crippen molar-refractivity contribution in [2.45, 2.75) is 26.8 Å². The number of hydrogen-bond acceptors (Lipinski definition) is 6. The summed E-state index contributed by atoms with van der Waals surface area (Å²) in [6, 6.07) is 21.5. The molecule has 0 aliphatic carbocycles. The Morgan fingerprint density at radius 1 is 1.03 bits per heavy atom. The third-order valence-corrected chi connectivity index (χ3v) is 6.83. The summed E-state index contributed by atoms with van der Waals surface area (Å²) in [5.74, 6) is 3.03. The van der Waals surface area contributed by atoms with Crippen LogP contribution in [-0.4, -0.2) is 44.4 Å². The van der Waals surface area contributed by atoms with Gasteiger partial charge >= 0.3 is 0 Å². The van der Waals surface area contributed by atoms with Gasteiger partial charge < -0.3 is 18.8 Å². The molecule has 0 atom stereocenters. The standard InChI is InChI=1S/C30H28BN5O3/c1-4-21-14-26(28-11-5-18(2)39-28)36(34-21)22-8-9-25-24(15-22)33-30(23-13-20(31)7-10-27(23)37)35(25)17-19-6-12-29(38-3)32-16-19/h5-16,37H,4,17,31H2,1-3H3. The fourth-order valence-corrected chi connectivity index (χ4v) is 4.80. The summed E-state index contributed by atoms with van der Waals surface area (Å²) in [5.41, 5.74) is 7.17. The predicted molar refractivity (Wildman–Crippen MR) is 154 cm³/mol. The normalized spacial score (nSPS) is 11.4. The van der Waals surface area contributed by atoms with E-state index in [0.717, 1.165) is 57.1 Å². The van der Waals surface area contributed by atoms with E-state index in [9.17, 15) is 5.11 Å². The Balaban J connectivity index is 1.52. The highest BCUT2D eigenvalue weighted by atomic mass is 16.5. The van der Waals surface area contributed by atoms with Gasteiger partial charge in [0, 0.05) is 12.3 Å². The van der Waals surface area contributed by atoms with Gasteiger partial charge in [0.2, 0.25) is 5.88 Å². The summed E-state index contributed by atoms with van der Waals surface area (Å²) in [4.78, 5) is 9.40. The Kier molecular flexibility index (Phi) is 6.19. The quantitative estimate of drug-likeness (QED) is 0.315. The number of furan rings is 1. The zero-order valence-electron chi connectivity index (χ0n) is 22.3. The molecule has 8 nitrogen and oxygen atoms in total. The molecular weight excluding hydrogens is 489 g/mol. The minimum atomic E-state index is 0.181. The van der Waals surface area contributed by atoms with Crippen molar-refractivity contribution in [3.63, 3.8) is 0 Å². The molecule has 0 aliphatic heterocycles. The van der Waals surface area contributed by atoms with Gasteiger partial charge in [-0.05, 0) is 61.4 Å². The van der Waals surface area contributed by atoms with Crippen molar-refractivity contribution < 1.29 is 14.3 Å². The minimum Gasteiger partial charge on any atom is -0.507 e. The molecule has 6 rings (SSSR count). The number of rotatable bonds is 7. The number of aromatic hydroxyl groups is 1. The number of phenolic OH excluding ortho intramolecular Hbond substituents is 1. The van der Waals surface area contributed by atoms with E-state index in [1.807, 2.05) is 68.0 Å². The summed E-state index contributed by atoms with van der Waals surface area (Å²) in [7, 11) is 3.60. The Morgan fingerprint density at radius 2 is 1.90 bits per heavy atom. The maximum Gasteiger partial charge on any atom is 0.212 e. The Morgan fingerprint density at radius 3 is 2.62 bits per heavy atom. The lowest BCUT2D eigenvalue weighted by atomic mass is 9.94.